The average molecular weight is 344 g/mol. The summed E-state index contributed by atoms with van der Waals surface area (Å²) in [6.07, 6.45) is 4.42. The molecule has 4 atom stereocenters. The highest BCUT2D eigenvalue weighted by molar-refractivity contribution is 5.96. The lowest BCUT2D eigenvalue weighted by Crippen LogP contribution is -2.48. The van der Waals surface area contributed by atoms with E-state index < -0.39 is 29.6 Å². The van der Waals surface area contributed by atoms with Gasteiger partial charge in [0.05, 0.1) is 18.4 Å². The van der Waals surface area contributed by atoms with Crippen LogP contribution in [0.25, 0.3) is 0 Å². The molecule has 0 aromatic heterocycles. The minimum Gasteiger partial charge on any atom is -0.494 e. The van der Waals surface area contributed by atoms with Gasteiger partial charge in [0.2, 0.25) is 5.91 Å². The predicted molar refractivity (Wildman–Crippen MR) is 88.6 cm³/mol. The molecule has 0 aliphatic heterocycles. The van der Waals surface area contributed by atoms with Gasteiger partial charge in [0.1, 0.15) is 5.75 Å². The number of hydrogen-bond donors (Lipinski definition) is 3. The topological polar surface area (TPSA) is 105 Å². The molecule has 0 saturated heterocycles. The van der Waals surface area contributed by atoms with Crippen LogP contribution in [0.4, 0.5) is 0 Å². The highest BCUT2D eigenvalue weighted by Crippen LogP contribution is 2.48. The summed E-state index contributed by atoms with van der Waals surface area (Å²) < 4.78 is 5.34. The molecule has 1 aromatic rings. The van der Waals surface area contributed by atoms with E-state index >= 15 is 0 Å². The molecule has 25 heavy (non-hydrogen) atoms. The first kappa shape index (κ1) is 17.0. The Morgan fingerprint density at radius 2 is 1.88 bits per heavy atom. The number of hydrazine groups is 1. The summed E-state index contributed by atoms with van der Waals surface area (Å²) in [4.78, 5) is 36.0. The molecule has 1 fully saturated rings. The van der Waals surface area contributed by atoms with E-state index in [2.05, 4.69) is 10.9 Å². The molecule has 7 heteroatoms. The predicted octanol–water partition coefficient (Wildman–Crippen LogP) is 1.37. The number of hydrogen-bond acceptors (Lipinski definition) is 4. The lowest BCUT2D eigenvalue weighted by molar-refractivity contribution is -0.148. The van der Waals surface area contributed by atoms with Gasteiger partial charge in [-0.2, -0.15) is 0 Å². The molecule has 0 spiro atoms. The number of benzene rings is 1. The number of nitrogens with one attached hydrogen (secondary N) is 2. The lowest BCUT2D eigenvalue weighted by Gasteiger charge is -2.23. The van der Waals surface area contributed by atoms with Crippen molar-refractivity contribution in [3.05, 3.63) is 42.0 Å². The smallest absolute Gasteiger partial charge is 0.307 e. The molecule has 2 aliphatic carbocycles. The third kappa shape index (κ3) is 3.35. The monoisotopic (exact) mass is 344 g/mol. The number of carboxylic acid groups (broad SMARTS) is 1. The van der Waals surface area contributed by atoms with Crippen LogP contribution < -0.4 is 15.6 Å². The van der Waals surface area contributed by atoms with Crippen LogP contribution in [0.2, 0.25) is 0 Å². The maximum atomic E-state index is 12.4. The Bertz CT molecular complexity index is 730. The van der Waals surface area contributed by atoms with Crippen LogP contribution in [0.3, 0.4) is 0 Å². The van der Waals surface area contributed by atoms with E-state index in [0.717, 1.165) is 0 Å². The van der Waals surface area contributed by atoms with E-state index in [-0.39, 0.29) is 11.8 Å². The van der Waals surface area contributed by atoms with Crippen molar-refractivity contribution < 1.29 is 24.2 Å². The van der Waals surface area contributed by atoms with Gasteiger partial charge in [0.25, 0.3) is 5.91 Å². The number of carboxylic acids is 1. The van der Waals surface area contributed by atoms with Gasteiger partial charge < -0.3 is 9.84 Å². The van der Waals surface area contributed by atoms with Gasteiger partial charge in [0, 0.05) is 5.56 Å². The first-order valence-corrected chi connectivity index (χ1v) is 8.25. The summed E-state index contributed by atoms with van der Waals surface area (Å²) in [5, 5.41) is 9.38. The molecule has 1 aromatic carbocycles. The summed E-state index contributed by atoms with van der Waals surface area (Å²) in [5.41, 5.74) is 5.06. The third-order valence-corrected chi connectivity index (χ3v) is 4.75. The second-order valence-electron chi connectivity index (χ2n) is 6.24. The van der Waals surface area contributed by atoms with E-state index in [1.54, 1.807) is 24.3 Å². The first-order chi connectivity index (χ1) is 12.0. The van der Waals surface area contributed by atoms with E-state index in [1.807, 2.05) is 19.1 Å². The molecule has 0 heterocycles. The number of carbonyl (C=O) groups is 3. The molecule has 3 rings (SSSR count). The Kier molecular flexibility index (Phi) is 4.74. The number of amides is 2. The standard InChI is InChI=1S/C18H20N2O5/c1-2-25-13-5-3-4-12(9-13)16(21)19-20-17(22)14-10-6-7-11(8-10)15(14)18(23)24/h3-7,9-11,14-15H,2,8H2,1H3,(H,19,21)(H,20,22)(H,23,24)/t10-,11+,14+,15+/m1/s1. The minimum absolute atomic E-state index is 0.0933. The maximum absolute atomic E-state index is 12.4. The van der Waals surface area contributed by atoms with Crippen LogP contribution >= 0.6 is 0 Å². The van der Waals surface area contributed by atoms with Gasteiger partial charge in [-0.25, -0.2) is 0 Å². The zero-order chi connectivity index (χ0) is 18.0. The summed E-state index contributed by atoms with van der Waals surface area (Å²) in [5.74, 6) is -2.99. The minimum atomic E-state index is -0.979. The normalized spacial score (nSPS) is 26.3. The first-order valence-electron chi connectivity index (χ1n) is 8.25. The van der Waals surface area contributed by atoms with E-state index in [0.29, 0.717) is 24.3 Å². The quantitative estimate of drug-likeness (QED) is 0.553. The molecule has 7 nitrogen and oxygen atoms in total. The molecular weight excluding hydrogens is 324 g/mol. The number of ether oxygens (including phenoxy) is 1. The zero-order valence-electron chi connectivity index (χ0n) is 13.8. The van der Waals surface area contributed by atoms with Crippen molar-refractivity contribution in [1.29, 1.82) is 0 Å². The van der Waals surface area contributed by atoms with Gasteiger partial charge in [0.15, 0.2) is 0 Å². The Labute approximate surface area is 145 Å². The zero-order valence-corrected chi connectivity index (χ0v) is 13.8. The number of fused-ring (bicyclic) bond motifs is 2. The highest BCUT2D eigenvalue weighted by Gasteiger charge is 2.51. The molecule has 3 N–H and O–H groups in total. The fourth-order valence-corrected chi connectivity index (χ4v) is 3.68. The Balaban J connectivity index is 1.62. The van der Waals surface area contributed by atoms with Gasteiger partial charge in [-0.05, 0) is 43.4 Å². The molecule has 1 saturated carbocycles. The van der Waals surface area contributed by atoms with E-state index in [1.165, 1.54) is 0 Å². The van der Waals surface area contributed by atoms with Crippen LogP contribution in [0.5, 0.6) is 5.75 Å². The van der Waals surface area contributed by atoms with Crippen molar-refractivity contribution in [3.8, 4) is 5.75 Å². The summed E-state index contributed by atoms with van der Waals surface area (Å²) in [6.45, 7) is 2.33. The highest BCUT2D eigenvalue weighted by atomic mass is 16.5. The molecular formula is C18H20N2O5. The molecule has 2 aliphatic rings. The molecule has 2 amide bonds. The Morgan fingerprint density at radius 3 is 2.56 bits per heavy atom. The second kappa shape index (κ2) is 6.96. The Morgan fingerprint density at radius 1 is 1.16 bits per heavy atom. The van der Waals surface area contributed by atoms with E-state index in [9.17, 15) is 19.5 Å². The van der Waals surface area contributed by atoms with Crippen molar-refractivity contribution in [1.82, 2.24) is 10.9 Å². The summed E-state index contributed by atoms with van der Waals surface area (Å²) in [6, 6.07) is 6.59. The van der Waals surface area contributed by atoms with Crippen molar-refractivity contribution in [2.75, 3.05) is 6.61 Å². The van der Waals surface area contributed by atoms with Gasteiger partial charge >= 0.3 is 5.97 Å². The van der Waals surface area contributed by atoms with Crippen LogP contribution in [-0.2, 0) is 9.59 Å². The number of rotatable bonds is 5. The molecule has 2 bridgehead atoms. The van der Waals surface area contributed by atoms with Crippen LogP contribution in [-0.4, -0.2) is 29.5 Å². The van der Waals surface area contributed by atoms with Crippen LogP contribution in [0.15, 0.2) is 36.4 Å². The van der Waals surface area contributed by atoms with Crippen molar-refractivity contribution >= 4 is 17.8 Å². The van der Waals surface area contributed by atoms with Crippen LogP contribution in [0.1, 0.15) is 23.7 Å². The largest absolute Gasteiger partial charge is 0.494 e. The van der Waals surface area contributed by atoms with Gasteiger partial charge in [-0.3, -0.25) is 25.2 Å². The van der Waals surface area contributed by atoms with E-state index in [4.69, 9.17) is 4.74 Å². The van der Waals surface area contributed by atoms with Crippen molar-refractivity contribution in [2.45, 2.75) is 13.3 Å². The lowest BCUT2D eigenvalue weighted by atomic mass is 9.82. The summed E-state index contributed by atoms with van der Waals surface area (Å²) >= 11 is 0. The molecule has 0 unspecified atom stereocenters. The molecule has 132 valence electrons. The van der Waals surface area contributed by atoms with Crippen molar-refractivity contribution in [3.63, 3.8) is 0 Å². The maximum Gasteiger partial charge on any atom is 0.307 e. The Hall–Kier alpha value is -2.83. The average Bonchev–Trinajstić information content (AvgIpc) is 3.21. The fraction of sp³-hybridized carbons (Fsp3) is 0.389. The second-order valence-corrected chi connectivity index (χ2v) is 6.24. The number of aliphatic carboxylic acids is 1. The number of allylic oxidation sites excluding steroid dienone is 2. The van der Waals surface area contributed by atoms with Crippen LogP contribution in [0, 0.1) is 23.7 Å². The van der Waals surface area contributed by atoms with Gasteiger partial charge in [-0.15, -0.1) is 0 Å². The fourth-order valence-electron chi connectivity index (χ4n) is 3.68. The third-order valence-electron chi connectivity index (χ3n) is 4.75. The number of carbonyl (C=O) groups excluding carboxylic acids is 2. The van der Waals surface area contributed by atoms with Gasteiger partial charge in [-0.1, -0.05) is 18.2 Å². The summed E-state index contributed by atoms with van der Waals surface area (Å²) in [7, 11) is 0. The molecule has 0 radical (unpaired) electrons. The SMILES string of the molecule is CCOc1cccc(C(=O)NNC(=O)[C@@H]2[C@@H](C(=O)O)[C@H]3C=C[C@@H]2C3)c1. The van der Waals surface area contributed by atoms with Crippen molar-refractivity contribution in [2.24, 2.45) is 23.7 Å².